The fourth-order valence-electron chi connectivity index (χ4n) is 2.75. The number of piperidine rings is 1. The first kappa shape index (κ1) is 15.0. The molecular formula is C17H18N6S. The number of pyridine rings is 1. The molecule has 1 fully saturated rings. The highest BCUT2D eigenvalue weighted by atomic mass is 32.1. The van der Waals surface area contributed by atoms with E-state index in [-0.39, 0.29) is 0 Å². The van der Waals surface area contributed by atoms with Gasteiger partial charge in [-0.1, -0.05) is 17.4 Å². The second kappa shape index (κ2) is 6.92. The molecule has 0 spiro atoms. The molecule has 0 amide bonds. The van der Waals surface area contributed by atoms with E-state index in [0.717, 1.165) is 34.6 Å². The van der Waals surface area contributed by atoms with Crippen LogP contribution in [0.3, 0.4) is 0 Å². The van der Waals surface area contributed by atoms with Crippen molar-refractivity contribution in [3.63, 3.8) is 0 Å². The average molecular weight is 338 g/mol. The van der Waals surface area contributed by atoms with Gasteiger partial charge in [-0.3, -0.25) is 4.98 Å². The highest BCUT2D eigenvalue weighted by molar-refractivity contribution is 7.18. The van der Waals surface area contributed by atoms with Gasteiger partial charge in [0.2, 0.25) is 0 Å². The maximum absolute atomic E-state index is 4.67. The third-order valence-corrected chi connectivity index (χ3v) is 5.02. The van der Waals surface area contributed by atoms with Crippen LogP contribution < -0.4 is 10.2 Å². The first-order valence-electron chi connectivity index (χ1n) is 8.10. The smallest absolute Gasteiger partial charge is 0.185 e. The first-order chi connectivity index (χ1) is 11.9. The van der Waals surface area contributed by atoms with E-state index in [2.05, 4.69) is 30.2 Å². The zero-order valence-corrected chi connectivity index (χ0v) is 14.0. The molecule has 7 heteroatoms. The van der Waals surface area contributed by atoms with Crippen LogP contribution in [0.4, 0.5) is 16.8 Å². The van der Waals surface area contributed by atoms with Gasteiger partial charge in [0.25, 0.3) is 0 Å². The predicted molar refractivity (Wildman–Crippen MR) is 96.7 cm³/mol. The Bertz CT molecular complexity index is 798. The summed E-state index contributed by atoms with van der Waals surface area (Å²) in [6.07, 6.45) is 10.7. The van der Waals surface area contributed by atoms with Crippen molar-refractivity contribution in [1.82, 2.24) is 19.9 Å². The van der Waals surface area contributed by atoms with Crippen molar-refractivity contribution in [3.05, 3.63) is 43.0 Å². The number of aromatic nitrogens is 4. The van der Waals surface area contributed by atoms with Gasteiger partial charge in [-0.25, -0.2) is 15.0 Å². The van der Waals surface area contributed by atoms with Crippen molar-refractivity contribution >= 4 is 28.1 Å². The summed E-state index contributed by atoms with van der Waals surface area (Å²) < 4.78 is 0. The zero-order valence-electron chi connectivity index (χ0n) is 13.2. The predicted octanol–water partition coefficient (Wildman–Crippen LogP) is 3.73. The maximum atomic E-state index is 4.67. The zero-order chi connectivity index (χ0) is 16.2. The molecule has 4 heterocycles. The van der Waals surface area contributed by atoms with Crippen molar-refractivity contribution in [2.75, 3.05) is 23.3 Å². The third kappa shape index (κ3) is 3.35. The second-order valence-corrected chi connectivity index (χ2v) is 6.69. The molecule has 1 aliphatic heterocycles. The molecule has 0 saturated carbocycles. The Balaban J connectivity index is 1.54. The van der Waals surface area contributed by atoms with Crippen LogP contribution in [0.5, 0.6) is 0 Å². The van der Waals surface area contributed by atoms with Crippen molar-refractivity contribution in [1.29, 1.82) is 0 Å². The van der Waals surface area contributed by atoms with Crippen LogP contribution >= 0.6 is 11.3 Å². The SMILES string of the molecule is c1cc(Nc2cnccn2)nc(-c2cnc(N3CCCCC3)s2)c1. The third-order valence-electron chi connectivity index (χ3n) is 3.94. The lowest BCUT2D eigenvalue weighted by Crippen LogP contribution is -2.29. The summed E-state index contributed by atoms with van der Waals surface area (Å²) >= 11 is 1.70. The topological polar surface area (TPSA) is 66.8 Å². The minimum atomic E-state index is 0.681. The van der Waals surface area contributed by atoms with Gasteiger partial charge in [0.1, 0.15) is 11.6 Å². The molecule has 0 aliphatic carbocycles. The normalized spacial score (nSPS) is 14.6. The minimum absolute atomic E-state index is 0.681. The number of nitrogens with one attached hydrogen (secondary N) is 1. The Morgan fingerprint density at radius 2 is 1.88 bits per heavy atom. The van der Waals surface area contributed by atoms with Gasteiger partial charge in [0.05, 0.1) is 16.8 Å². The van der Waals surface area contributed by atoms with E-state index in [1.807, 2.05) is 24.4 Å². The summed E-state index contributed by atoms with van der Waals surface area (Å²) in [5.41, 5.74) is 0.921. The van der Waals surface area contributed by atoms with Gasteiger partial charge in [-0.15, -0.1) is 0 Å². The summed E-state index contributed by atoms with van der Waals surface area (Å²) in [6.45, 7) is 2.21. The van der Waals surface area contributed by atoms with Crippen LogP contribution in [0, 0.1) is 0 Å². The largest absolute Gasteiger partial charge is 0.348 e. The first-order valence-corrected chi connectivity index (χ1v) is 8.91. The van der Waals surface area contributed by atoms with Gasteiger partial charge < -0.3 is 10.2 Å². The average Bonchev–Trinajstić information content (AvgIpc) is 3.14. The molecule has 0 atom stereocenters. The molecule has 1 saturated heterocycles. The summed E-state index contributed by atoms with van der Waals surface area (Å²) in [6, 6.07) is 5.92. The lowest BCUT2D eigenvalue weighted by atomic mass is 10.1. The molecule has 1 aliphatic rings. The molecule has 0 unspecified atom stereocenters. The molecular weight excluding hydrogens is 320 g/mol. The highest BCUT2D eigenvalue weighted by Crippen LogP contribution is 2.32. The molecule has 0 aromatic carbocycles. The minimum Gasteiger partial charge on any atom is -0.348 e. The fourth-order valence-corrected chi connectivity index (χ4v) is 3.69. The molecule has 4 rings (SSSR count). The number of hydrogen-bond acceptors (Lipinski definition) is 7. The molecule has 0 bridgehead atoms. The van der Waals surface area contributed by atoms with E-state index in [1.54, 1.807) is 29.9 Å². The van der Waals surface area contributed by atoms with Crippen molar-refractivity contribution < 1.29 is 0 Å². The Labute approximate surface area is 144 Å². The molecule has 3 aromatic rings. The second-order valence-electron chi connectivity index (χ2n) is 5.68. The van der Waals surface area contributed by atoms with Gasteiger partial charge in [0.15, 0.2) is 5.13 Å². The highest BCUT2D eigenvalue weighted by Gasteiger charge is 2.15. The molecule has 1 N–H and O–H groups in total. The quantitative estimate of drug-likeness (QED) is 0.782. The summed E-state index contributed by atoms with van der Waals surface area (Å²) in [7, 11) is 0. The Morgan fingerprint density at radius 1 is 0.958 bits per heavy atom. The Morgan fingerprint density at radius 3 is 2.71 bits per heavy atom. The molecule has 0 radical (unpaired) electrons. The van der Waals surface area contributed by atoms with E-state index in [1.165, 1.54) is 19.3 Å². The van der Waals surface area contributed by atoms with E-state index >= 15 is 0 Å². The molecule has 6 nitrogen and oxygen atoms in total. The lowest BCUT2D eigenvalue weighted by molar-refractivity contribution is 0.577. The van der Waals surface area contributed by atoms with E-state index in [0.29, 0.717) is 5.82 Å². The lowest BCUT2D eigenvalue weighted by Gasteiger charge is -2.25. The summed E-state index contributed by atoms with van der Waals surface area (Å²) in [5.74, 6) is 1.43. The van der Waals surface area contributed by atoms with E-state index in [4.69, 9.17) is 0 Å². The molecule has 24 heavy (non-hydrogen) atoms. The Kier molecular flexibility index (Phi) is 4.33. The maximum Gasteiger partial charge on any atom is 0.185 e. The summed E-state index contributed by atoms with van der Waals surface area (Å²) in [5, 5.41) is 4.27. The molecule has 122 valence electrons. The van der Waals surface area contributed by atoms with Gasteiger partial charge in [0, 0.05) is 31.7 Å². The number of nitrogens with zero attached hydrogens (tertiary/aromatic N) is 5. The van der Waals surface area contributed by atoms with E-state index < -0.39 is 0 Å². The van der Waals surface area contributed by atoms with Crippen molar-refractivity contribution in [3.8, 4) is 10.6 Å². The van der Waals surface area contributed by atoms with Crippen LogP contribution in [0.2, 0.25) is 0 Å². The molecule has 3 aromatic heterocycles. The van der Waals surface area contributed by atoms with Crippen molar-refractivity contribution in [2.45, 2.75) is 19.3 Å². The number of rotatable bonds is 4. The van der Waals surface area contributed by atoms with Gasteiger partial charge >= 0.3 is 0 Å². The number of anilines is 3. The van der Waals surface area contributed by atoms with Crippen LogP contribution in [-0.4, -0.2) is 33.0 Å². The van der Waals surface area contributed by atoms with Gasteiger partial charge in [-0.05, 0) is 31.4 Å². The standard InChI is InChI=1S/C17H18N6S/c1-2-9-23(10-3-1)17-20-11-14(24-17)13-5-4-6-15(21-13)22-16-12-18-7-8-19-16/h4-8,11-12H,1-3,9-10H2,(H,19,21,22). The van der Waals surface area contributed by atoms with Gasteiger partial charge in [-0.2, -0.15) is 0 Å². The summed E-state index contributed by atoms with van der Waals surface area (Å²) in [4.78, 5) is 21.0. The van der Waals surface area contributed by atoms with Crippen LogP contribution in [0.1, 0.15) is 19.3 Å². The van der Waals surface area contributed by atoms with E-state index in [9.17, 15) is 0 Å². The number of hydrogen-bond donors (Lipinski definition) is 1. The monoisotopic (exact) mass is 338 g/mol. The Hall–Kier alpha value is -2.54. The van der Waals surface area contributed by atoms with Crippen LogP contribution in [0.15, 0.2) is 43.0 Å². The number of thiazole rings is 1. The van der Waals surface area contributed by atoms with Crippen LogP contribution in [0.25, 0.3) is 10.6 Å². The van der Waals surface area contributed by atoms with Crippen LogP contribution in [-0.2, 0) is 0 Å². The van der Waals surface area contributed by atoms with Crippen molar-refractivity contribution in [2.24, 2.45) is 0 Å². The fraction of sp³-hybridized carbons (Fsp3) is 0.294.